The molecule has 0 aliphatic carbocycles. The molecule has 0 aliphatic rings. The van der Waals surface area contributed by atoms with Crippen LogP contribution in [0.15, 0.2) is 252 Å². The molecule has 0 spiro atoms. The molecule has 0 saturated carbocycles. The highest BCUT2D eigenvalue weighted by molar-refractivity contribution is 8.03. The van der Waals surface area contributed by atoms with E-state index >= 15 is 0 Å². The topological polar surface area (TPSA) is 37.4 Å². The first kappa shape index (κ1) is 57.0. The molecule has 0 atom stereocenters. The van der Waals surface area contributed by atoms with E-state index in [2.05, 4.69) is 53.4 Å². The lowest BCUT2D eigenvalue weighted by molar-refractivity contribution is -0.138. The minimum absolute atomic E-state index is 0.0114. The summed E-state index contributed by atoms with van der Waals surface area (Å²) in [6.07, 6.45) is -22.0. The summed E-state index contributed by atoms with van der Waals surface area (Å²) < 4.78 is 174. The van der Waals surface area contributed by atoms with Gasteiger partial charge in [-0.2, -0.15) is 74.5 Å². The molecular weight excluding hydrogens is 1060 g/mol. The molecule has 9 aromatic rings. The summed E-state index contributed by atoms with van der Waals surface area (Å²) in [5, 5.41) is 0. The van der Waals surface area contributed by atoms with Crippen molar-refractivity contribution in [2.75, 3.05) is 10.7 Å². The Morgan fingerprint density at radius 2 is 0.620 bits per heavy atom. The van der Waals surface area contributed by atoms with Gasteiger partial charge in [0.2, 0.25) is 5.78 Å². The maximum Gasteiger partial charge on any atom is 0.416 e. The summed E-state index contributed by atoms with van der Waals surface area (Å²) in [5.74, 6) is -0.204. The minimum atomic E-state index is -4.77. The van der Waals surface area contributed by atoms with Crippen LogP contribution in [-0.4, -0.2) is 17.7 Å². The number of Topliss-reactive ketones (excluding diaryl/α,β-unsaturated/α-hetero) is 1. The Balaban J connectivity index is 0.000000209. The van der Waals surface area contributed by atoms with Crippen LogP contribution < -0.4 is 26.8 Å². The van der Waals surface area contributed by atoms with E-state index in [4.69, 9.17) is 0 Å². The van der Waals surface area contributed by atoms with Crippen LogP contribution in [0.4, 0.5) is 58.4 Å². The third-order valence-electron chi connectivity index (χ3n) is 13.5. The van der Waals surface area contributed by atoms with Crippen molar-refractivity contribution >= 4 is 49.4 Å². The summed E-state index contributed by atoms with van der Waals surface area (Å²) in [6, 6.07) is 60.6. The standard InChI is InChI=1S/C34H30NO2S.C28H16BF12/c36-34(27-38(37,32-17-9-3-10-18-32)33-19-11-4-12-20-33)30-21-23-31(24-22-30)35(25-28-13-5-1-6-14-28)26-29-15-7-2-8-16-29;30-25(31,32)17-1-9-21(10-2-17)29(22-11-3-18(4-12-22)26(33,34)35,23-13-5-19(6-14-23)27(36,37)38)24-15-7-20(8-16-24)28(39,40)41/h1-24H,25-27H2;1-16H/q+1;-1. The van der Waals surface area contributed by atoms with Crippen molar-refractivity contribution in [3.63, 3.8) is 0 Å². The van der Waals surface area contributed by atoms with E-state index in [1.165, 1.54) is 11.1 Å². The van der Waals surface area contributed by atoms with E-state index in [1.807, 2.05) is 97.1 Å². The summed E-state index contributed by atoms with van der Waals surface area (Å²) in [6.45, 7) is 1.50. The van der Waals surface area contributed by atoms with Crippen molar-refractivity contribution in [1.82, 2.24) is 0 Å². The Hall–Kier alpha value is -8.18. The van der Waals surface area contributed by atoms with Crippen LogP contribution in [-0.2, 0) is 51.9 Å². The molecule has 17 heteroatoms. The Morgan fingerprint density at radius 1 is 0.354 bits per heavy atom. The van der Waals surface area contributed by atoms with Gasteiger partial charge < -0.3 is 4.90 Å². The molecule has 9 aromatic carbocycles. The molecular formula is C62H46BF12NO2S. The highest BCUT2D eigenvalue weighted by Gasteiger charge is 2.40. The van der Waals surface area contributed by atoms with Crippen molar-refractivity contribution in [3.05, 3.63) is 282 Å². The van der Waals surface area contributed by atoms with Gasteiger partial charge in [-0.25, -0.2) is 0 Å². The van der Waals surface area contributed by atoms with Gasteiger partial charge >= 0.3 is 24.7 Å². The van der Waals surface area contributed by atoms with E-state index < -0.39 is 63.0 Å². The van der Waals surface area contributed by atoms with Crippen molar-refractivity contribution in [2.24, 2.45) is 0 Å². The molecule has 0 N–H and O–H groups in total. The fourth-order valence-electron chi connectivity index (χ4n) is 9.55. The van der Waals surface area contributed by atoms with Crippen LogP contribution in [0.3, 0.4) is 0 Å². The number of benzene rings is 9. The SMILES string of the molecule is FC(F)(F)c1ccc([B-](c2ccc(C(F)(F)F)cc2)(c2ccc(C(F)(F)F)cc2)c2ccc(C(F)(F)F)cc2)cc1.O=C(C[S+](=O)(c1ccccc1)c1ccccc1)c1ccc(N(Cc2ccccc2)Cc2ccccc2)cc1. The largest absolute Gasteiger partial charge is 0.416 e. The second-order valence-electron chi connectivity index (χ2n) is 18.6. The fourth-order valence-corrected chi connectivity index (χ4v) is 11.9. The molecule has 0 unspecified atom stereocenters. The predicted octanol–water partition coefficient (Wildman–Crippen LogP) is 14.8. The highest BCUT2D eigenvalue weighted by Crippen LogP contribution is 2.34. The molecule has 404 valence electrons. The lowest BCUT2D eigenvalue weighted by atomic mass is 9.13. The molecule has 0 radical (unpaired) electrons. The third-order valence-corrected chi connectivity index (χ3v) is 16.3. The van der Waals surface area contributed by atoms with E-state index in [0.29, 0.717) is 63.9 Å². The number of hydrogen-bond acceptors (Lipinski definition) is 3. The average Bonchev–Trinajstić information content (AvgIpc) is 3.64. The molecule has 0 saturated heterocycles. The fraction of sp³-hybridized carbons (Fsp3) is 0.113. The van der Waals surface area contributed by atoms with Crippen LogP contribution in [0.2, 0.25) is 0 Å². The smallest absolute Gasteiger partial charge is 0.363 e. The molecule has 0 heterocycles. The summed E-state index contributed by atoms with van der Waals surface area (Å²) in [5.41, 5.74) is -0.270. The highest BCUT2D eigenvalue weighted by atomic mass is 32.2. The monoisotopic (exact) mass is 1110 g/mol. The van der Waals surface area contributed by atoms with Crippen LogP contribution in [0, 0.1) is 0 Å². The number of alkyl halides is 12. The maximum atomic E-state index is 14.3. The van der Waals surface area contributed by atoms with Gasteiger partial charge in [0.05, 0.1) is 22.3 Å². The number of carbonyl (C=O) groups excluding carboxylic acids is 1. The number of nitrogens with zero attached hydrogens (tertiary/aromatic N) is 1. The molecule has 9 rings (SSSR count). The number of carbonyl (C=O) groups is 1. The Morgan fingerprint density at radius 3 is 0.886 bits per heavy atom. The van der Waals surface area contributed by atoms with Gasteiger partial charge in [0, 0.05) is 24.3 Å². The second-order valence-corrected chi connectivity index (χ2v) is 21.2. The van der Waals surface area contributed by atoms with Crippen LogP contribution in [0.25, 0.3) is 0 Å². The van der Waals surface area contributed by atoms with Crippen molar-refractivity contribution in [1.29, 1.82) is 0 Å². The van der Waals surface area contributed by atoms with Crippen LogP contribution in [0.1, 0.15) is 43.7 Å². The van der Waals surface area contributed by atoms with Gasteiger partial charge in [0.25, 0.3) is 0 Å². The van der Waals surface area contributed by atoms with E-state index in [0.717, 1.165) is 67.3 Å². The second kappa shape index (κ2) is 23.4. The van der Waals surface area contributed by atoms with Gasteiger partial charge in [-0.1, -0.05) is 198 Å². The number of halogens is 12. The first-order valence-electron chi connectivity index (χ1n) is 24.4. The Bertz CT molecular complexity index is 3150. The quantitative estimate of drug-likeness (QED) is 0.0471. The zero-order chi connectivity index (χ0) is 56.6. The predicted molar refractivity (Wildman–Crippen MR) is 286 cm³/mol. The molecule has 0 bridgehead atoms. The van der Waals surface area contributed by atoms with Crippen molar-refractivity contribution in [2.45, 2.75) is 47.6 Å². The zero-order valence-corrected chi connectivity index (χ0v) is 42.3. The third kappa shape index (κ3) is 13.4. The van der Waals surface area contributed by atoms with Crippen molar-refractivity contribution < 1.29 is 61.7 Å². The minimum Gasteiger partial charge on any atom is -0.363 e. The lowest BCUT2D eigenvalue weighted by Crippen LogP contribution is -2.74. The van der Waals surface area contributed by atoms with E-state index in [9.17, 15) is 61.7 Å². The number of ketones is 1. The van der Waals surface area contributed by atoms with E-state index in [-0.39, 0.29) is 33.4 Å². The first-order chi connectivity index (χ1) is 37.5. The lowest BCUT2D eigenvalue weighted by Gasteiger charge is -2.44. The Kier molecular flexibility index (Phi) is 16.9. The molecule has 0 aromatic heterocycles. The number of hydrogen-bond donors (Lipinski definition) is 0. The summed E-state index contributed by atoms with van der Waals surface area (Å²) >= 11 is 0. The molecule has 0 amide bonds. The maximum absolute atomic E-state index is 14.3. The van der Waals surface area contributed by atoms with Gasteiger partial charge in [0.15, 0.2) is 25.5 Å². The molecule has 0 aliphatic heterocycles. The van der Waals surface area contributed by atoms with E-state index in [1.54, 1.807) is 0 Å². The zero-order valence-electron chi connectivity index (χ0n) is 41.5. The summed E-state index contributed by atoms with van der Waals surface area (Å²) in [4.78, 5) is 17.1. The van der Waals surface area contributed by atoms with Crippen molar-refractivity contribution in [3.8, 4) is 0 Å². The Labute approximate surface area is 449 Å². The van der Waals surface area contributed by atoms with Crippen LogP contribution in [0.5, 0.6) is 0 Å². The molecule has 3 nitrogen and oxygen atoms in total. The average molecular weight is 1110 g/mol. The first-order valence-corrected chi connectivity index (χ1v) is 26.1. The van der Waals surface area contributed by atoms with Gasteiger partial charge in [0.1, 0.15) is 6.15 Å². The summed E-state index contributed by atoms with van der Waals surface area (Å²) in [7, 11) is -2.76. The normalized spacial score (nSPS) is 12.3. The van der Waals surface area contributed by atoms with Gasteiger partial charge in [-0.15, -0.1) is 0 Å². The number of anilines is 1. The van der Waals surface area contributed by atoms with Crippen LogP contribution >= 0.6 is 0 Å². The molecule has 79 heavy (non-hydrogen) atoms. The molecule has 0 fully saturated rings. The number of rotatable bonds is 14. The van der Waals surface area contributed by atoms with Gasteiger partial charge in [-0.05, 0) is 59.7 Å². The van der Waals surface area contributed by atoms with Gasteiger partial charge in [-0.3, -0.25) is 4.79 Å².